The monoisotopic (exact) mass is 436 g/mol. The summed E-state index contributed by atoms with van der Waals surface area (Å²) in [5.41, 5.74) is 1.33. The van der Waals surface area contributed by atoms with E-state index in [1.807, 2.05) is 18.2 Å². The van der Waals surface area contributed by atoms with Gasteiger partial charge in [-0.15, -0.1) is 0 Å². The topological polar surface area (TPSA) is 105 Å². The van der Waals surface area contributed by atoms with Crippen LogP contribution in [0, 0.1) is 10.1 Å². The molecule has 3 aromatic carbocycles. The molecule has 0 aliphatic rings. The van der Waals surface area contributed by atoms with Crippen LogP contribution in [0.5, 0.6) is 0 Å². The fourth-order valence-corrected chi connectivity index (χ4v) is 3.39. The fraction of sp³-hybridized carbons (Fsp3) is 0.0909. The van der Waals surface area contributed by atoms with E-state index >= 15 is 0 Å². The number of amides is 2. The van der Waals surface area contributed by atoms with E-state index in [2.05, 4.69) is 10.6 Å². The Morgan fingerprint density at radius 2 is 1.61 bits per heavy atom. The number of para-hydroxylation sites is 2. The molecule has 8 nitrogen and oxygen atoms in total. The Morgan fingerprint density at radius 1 is 0.935 bits per heavy atom. The van der Waals surface area contributed by atoms with Crippen molar-refractivity contribution in [3.05, 3.63) is 88.5 Å². The maximum absolute atomic E-state index is 12.8. The number of carbonyl (C=O) groups is 2. The molecule has 158 valence electrons. The zero-order chi connectivity index (χ0) is 22.4. The first-order valence-electron chi connectivity index (χ1n) is 9.25. The maximum Gasteiger partial charge on any atom is 0.293 e. The molecular weight excluding hydrogens is 416 g/mol. The van der Waals surface area contributed by atoms with E-state index in [4.69, 9.17) is 0 Å². The second-order valence-corrected chi connectivity index (χ2v) is 7.69. The van der Waals surface area contributed by atoms with Gasteiger partial charge < -0.3 is 15.5 Å². The number of nitrogens with zero attached hydrogens (tertiary/aromatic N) is 2. The molecule has 0 saturated heterocycles. The van der Waals surface area contributed by atoms with Crippen molar-refractivity contribution < 1.29 is 14.5 Å². The van der Waals surface area contributed by atoms with E-state index in [9.17, 15) is 19.7 Å². The summed E-state index contributed by atoms with van der Waals surface area (Å²) in [6, 6.07) is 20.1. The molecule has 0 aliphatic carbocycles. The lowest BCUT2D eigenvalue weighted by atomic mass is 10.1. The first kappa shape index (κ1) is 21.8. The van der Waals surface area contributed by atoms with Gasteiger partial charge in [0.1, 0.15) is 5.69 Å². The smallest absolute Gasteiger partial charge is 0.293 e. The van der Waals surface area contributed by atoms with Crippen molar-refractivity contribution in [1.82, 2.24) is 4.90 Å². The van der Waals surface area contributed by atoms with E-state index in [1.165, 1.54) is 23.1 Å². The Labute approximate surface area is 183 Å². The number of nitro groups is 1. The summed E-state index contributed by atoms with van der Waals surface area (Å²) in [6.07, 6.45) is 0. The van der Waals surface area contributed by atoms with Crippen LogP contribution in [-0.2, 0) is 0 Å². The summed E-state index contributed by atoms with van der Waals surface area (Å²) in [4.78, 5) is 37.8. The molecule has 31 heavy (non-hydrogen) atoms. The molecule has 0 heterocycles. The van der Waals surface area contributed by atoms with Gasteiger partial charge in [-0.1, -0.05) is 30.3 Å². The maximum atomic E-state index is 12.8. The molecule has 9 heteroatoms. The van der Waals surface area contributed by atoms with Gasteiger partial charge in [-0.25, -0.2) is 0 Å². The first-order valence-corrected chi connectivity index (χ1v) is 10.1. The number of rotatable bonds is 6. The number of hydrogen-bond donors (Lipinski definition) is 2. The number of anilines is 3. The first-order chi connectivity index (χ1) is 14.8. The van der Waals surface area contributed by atoms with Crippen molar-refractivity contribution in [2.45, 2.75) is 4.90 Å². The highest BCUT2D eigenvalue weighted by Crippen LogP contribution is 2.31. The SMILES string of the molecule is CN(C)C(=O)Sc1ccccc1NC(=O)c1ccc(Nc2ccccc2)c([N+](=O)[O-])c1. The number of nitrogens with one attached hydrogen (secondary N) is 2. The minimum absolute atomic E-state index is 0.129. The molecule has 0 atom stereocenters. The number of nitro benzene ring substituents is 1. The lowest BCUT2D eigenvalue weighted by Crippen LogP contribution is -2.17. The molecule has 0 radical (unpaired) electrons. The molecule has 0 fully saturated rings. The second-order valence-electron chi connectivity index (χ2n) is 6.69. The van der Waals surface area contributed by atoms with Crippen LogP contribution in [0.4, 0.5) is 27.5 Å². The summed E-state index contributed by atoms with van der Waals surface area (Å²) < 4.78 is 0. The van der Waals surface area contributed by atoms with Crippen LogP contribution < -0.4 is 10.6 Å². The molecule has 0 aliphatic heterocycles. The third-order valence-electron chi connectivity index (χ3n) is 4.21. The zero-order valence-corrected chi connectivity index (χ0v) is 17.7. The van der Waals surface area contributed by atoms with Gasteiger partial charge in [-0.05, 0) is 48.2 Å². The second kappa shape index (κ2) is 9.77. The molecular formula is C22H20N4O4S. The van der Waals surface area contributed by atoms with E-state index in [1.54, 1.807) is 50.5 Å². The predicted octanol–water partition coefficient (Wildman–Crippen LogP) is 5.36. The molecule has 0 spiro atoms. The average Bonchev–Trinajstić information content (AvgIpc) is 2.75. The van der Waals surface area contributed by atoms with Crippen molar-refractivity contribution in [2.75, 3.05) is 24.7 Å². The highest BCUT2D eigenvalue weighted by atomic mass is 32.2. The third kappa shape index (κ3) is 5.61. The van der Waals surface area contributed by atoms with Crippen LogP contribution in [-0.4, -0.2) is 35.1 Å². The predicted molar refractivity (Wildman–Crippen MR) is 122 cm³/mol. The molecule has 2 N–H and O–H groups in total. The van der Waals surface area contributed by atoms with E-state index in [0.29, 0.717) is 16.3 Å². The van der Waals surface area contributed by atoms with E-state index < -0.39 is 10.8 Å². The number of hydrogen-bond acceptors (Lipinski definition) is 6. The highest BCUT2D eigenvalue weighted by molar-refractivity contribution is 8.13. The Bertz CT molecular complexity index is 1120. The largest absolute Gasteiger partial charge is 0.350 e. The summed E-state index contributed by atoms with van der Waals surface area (Å²) >= 11 is 0.981. The van der Waals surface area contributed by atoms with Gasteiger partial charge in [0.05, 0.1) is 10.6 Å². The van der Waals surface area contributed by atoms with E-state index in [0.717, 1.165) is 11.8 Å². The van der Waals surface area contributed by atoms with Crippen molar-refractivity contribution in [2.24, 2.45) is 0 Å². The van der Waals surface area contributed by atoms with Crippen molar-refractivity contribution >= 4 is 45.7 Å². The van der Waals surface area contributed by atoms with Crippen LogP contribution in [0.25, 0.3) is 0 Å². The summed E-state index contributed by atoms with van der Waals surface area (Å²) in [7, 11) is 3.28. The quantitative estimate of drug-likeness (QED) is 0.306. The minimum atomic E-state index is -0.540. The van der Waals surface area contributed by atoms with Gasteiger partial charge in [0.25, 0.3) is 16.8 Å². The third-order valence-corrected chi connectivity index (χ3v) is 5.32. The zero-order valence-electron chi connectivity index (χ0n) is 16.9. The minimum Gasteiger partial charge on any atom is -0.350 e. The molecule has 0 aromatic heterocycles. The fourth-order valence-electron chi connectivity index (χ4n) is 2.65. The van der Waals surface area contributed by atoms with Crippen LogP contribution in [0.2, 0.25) is 0 Å². The molecule has 3 rings (SSSR count). The molecule has 0 saturated carbocycles. The lowest BCUT2D eigenvalue weighted by Gasteiger charge is -2.13. The lowest BCUT2D eigenvalue weighted by molar-refractivity contribution is -0.383. The highest BCUT2D eigenvalue weighted by Gasteiger charge is 2.19. The van der Waals surface area contributed by atoms with Crippen LogP contribution in [0.3, 0.4) is 0 Å². The average molecular weight is 436 g/mol. The van der Waals surface area contributed by atoms with Gasteiger partial charge in [0.2, 0.25) is 0 Å². The van der Waals surface area contributed by atoms with Crippen LogP contribution in [0.15, 0.2) is 77.7 Å². The Morgan fingerprint density at radius 3 is 2.29 bits per heavy atom. The Hall–Kier alpha value is -3.85. The molecule has 0 unspecified atom stereocenters. The Kier molecular flexibility index (Phi) is 6.88. The van der Waals surface area contributed by atoms with Gasteiger partial charge >= 0.3 is 0 Å². The van der Waals surface area contributed by atoms with Crippen molar-refractivity contribution in [3.8, 4) is 0 Å². The molecule has 0 bridgehead atoms. The number of carbonyl (C=O) groups excluding carboxylic acids is 2. The molecule has 2 amide bonds. The summed E-state index contributed by atoms with van der Waals surface area (Å²) in [5, 5.41) is 17.1. The normalized spacial score (nSPS) is 10.3. The number of thioether (sulfide) groups is 1. The van der Waals surface area contributed by atoms with Crippen molar-refractivity contribution in [1.29, 1.82) is 0 Å². The van der Waals surface area contributed by atoms with Gasteiger partial charge in [-0.2, -0.15) is 0 Å². The standard InChI is InChI=1S/C22H20N4O4S/c1-25(2)22(28)31-20-11-7-6-10-18(20)24-21(27)15-12-13-17(19(14-15)26(29)30)23-16-8-4-3-5-9-16/h3-14,23H,1-2H3,(H,24,27). The van der Waals surface area contributed by atoms with Crippen LogP contribution in [0.1, 0.15) is 10.4 Å². The van der Waals surface area contributed by atoms with Gasteiger partial charge in [-0.3, -0.25) is 19.7 Å². The van der Waals surface area contributed by atoms with Crippen LogP contribution >= 0.6 is 11.8 Å². The summed E-state index contributed by atoms with van der Waals surface area (Å²) in [5.74, 6) is -0.514. The van der Waals surface area contributed by atoms with E-state index in [-0.39, 0.29) is 22.2 Å². The molecule has 3 aromatic rings. The van der Waals surface area contributed by atoms with Crippen molar-refractivity contribution in [3.63, 3.8) is 0 Å². The summed E-state index contributed by atoms with van der Waals surface area (Å²) in [6.45, 7) is 0. The number of benzene rings is 3. The van der Waals surface area contributed by atoms with Gasteiger partial charge in [0.15, 0.2) is 0 Å². The Balaban J connectivity index is 1.84. The van der Waals surface area contributed by atoms with Gasteiger partial charge in [0, 0.05) is 36.3 Å².